The van der Waals surface area contributed by atoms with Gasteiger partial charge in [-0.1, -0.05) is 31.1 Å². The second-order valence-electron chi connectivity index (χ2n) is 12.6. The number of fused-ring (bicyclic) bond motifs is 4. The van der Waals surface area contributed by atoms with Gasteiger partial charge in [-0.3, -0.25) is 14.4 Å². The van der Waals surface area contributed by atoms with Gasteiger partial charge in [0.1, 0.15) is 6.61 Å². The number of esters is 1. The zero-order chi connectivity index (χ0) is 27.4. The van der Waals surface area contributed by atoms with Crippen molar-refractivity contribution in [1.82, 2.24) is 4.90 Å². The van der Waals surface area contributed by atoms with E-state index in [1.165, 1.54) is 42.0 Å². The zero-order valence-corrected chi connectivity index (χ0v) is 23.9. The van der Waals surface area contributed by atoms with Gasteiger partial charge in [-0.25, -0.2) is 0 Å². The first-order valence-corrected chi connectivity index (χ1v) is 14.3. The fraction of sp³-hybridized carbons (Fsp3) is 0.656. The first-order valence-electron chi connectivity index (χ1n) is 14.3. The van der Waals surface area contributed by atoms with Gasteiger partial charge >= 0.3 is 5.97 Å². The van der Waals surface area contributed by atoms with E-state index in [2.05, 4.69) is 45.0 Å². The van der Waals surface area contributed by atoms with E-state index in [0.29, 0.717) is 24.7 Å². The highest BCUT2D eigenvalue weighted by molar-refractivity contribution is 5.93. The summed E-state index contributed by atoms with van der Waals surface area (Å²) in [7, 11) is 5.72. The van der Waals surface area contributed by atoms with E-state index in [4.69, 9.17) is 9.47 Å². The average molecular weight is 522 g/mol. The Morgan fingerprint density at radius 1 is 1.13 bits per heavy atom. The topological polar surface area (TPSA) is 72.9 Å². The minimum atomic E-state index is -1.17. The van der Waals surface area contributed by atoms with Crippen LogP contribution in [0.4, 0.5) is 0 Å². The van der Waals surface area contributed by atoms with Crippen LogP contribution >= 0.6 is 0 Å². The number of ether oxygens (including phenoxy) is 2. The number of methoxy groups -OCH3 is 1. The summed E-state index contributed by atoms with van der Waals surface area (Å²) >= 11 is 0. The molecule has 38 heavy (non-hydrogen) atoms. The highest BCUT2D eigenvalue weighted by Crippen LogP contribution is 2.67. The van der Waals surface area contributed by atoms with Crippen LogP contribution in [0.3, 0.4) is 0 Å². The van der Waals surface area contributed by atoms with E-state index in [0.717, 1.165) is 38.5 Å². The molecular formula is C32H43NO5. The van der Waals surface area contributed by atoms with Crippen LogP contribution in [0.15, 0.2) is 46.2 Å². The van der Waals surface area contributed by atoms with Crippen LogP contribution in [0, 0.1) is 29.1 Å². The van der Waals surface area contributed by atoms with Crippen LogP contribution in [0.1, 0.15) is 72.1 Å². The number of ketones is 2. The summed E-state index contributed by atoms with van der Waals surface area (Å²) in [6.07, 6.45) is 12.9. The summed E-state index contributed by atoms with van der Waals surface area (Å²) in [6.45, 7) is 5.86. The Kier molecular flexibility index (Phi) is 7.08. The molecule has 0 amide bonds. The number of carbonyl (C=O) groups excluding carboxylic acids is 3. The molecule has 0 spiro atoms. The number of hydrogen-bond donors (Lipinski definition) is 0. The third kappa shape index (κ3) is 4.14. The smallest absolute Gasteiger partial charge is 0.303 e. The molecule has 1 unspecified atom stereocenters. The van der Waals surface area contributed by atoms with E-state index < -0.39 is 17.0 Å². The molecule has 6 nitrogen and oxygen atoms in total. The van der Waals surface area contributed by atoms with Gasteiger partial charge in [0.15, 0.2) is 11.4 Å². The van der Waals surface area contributed by atoms with E-state index in [9.17, 15) is 14.4 Å². The first kappa shape index (κ1) is 27.1. The van der Waals surface area contributed by atoms with Gasteiger partial charge in [0.2, 0.25) is 5.78 Å². The van der Waals surface area contributed by atoms with Gasteiger partial charge < -0.3 is 14.4 Å². The number of allylic oxidation sites excluding steroid dienone is 8. The second-order valence-corrected chi connectivity index (χ2v) is 12.6. The molecule has 5 aliphatic carbocycles. The molecular weight excluding hydrogens is 478 g/mol. The van der Waals surface area contributed by atoms with E-state index in [1.54, 1.807) is 0 Å². The normalized spacial score (nSPS) is 36.4. The highest BCUT2D eigenvalue weighted by Gasteiger charge is 2.68. The molecule has 0 aromatic carbocycles. The summed E-state index contributed by atoms with van der Waals surface area (Å²) in [6, 6.07) is 0. The molecule has 0 aliphatic heterocycles. The minimum absolute atomic E-state index is 0.0530. The van der Waals surface area contributed by atoms with Crippen molar-refractivity contribution < 1.29 is 23.9 Å². The zero-order valence-electron chi connectivity index (χ0n) is 23.9. The van der Waals surface area contributed by atoms with Crippen molar-refractivity contribution in [2.24, 2.45) is 29.1 Å². The Balaban J connectivity index is 1.67. The van der Waals surface area contributed by atoms with Crippen molar-refractivity contribution in [1.29, 1.82) is 0 Å². The van der Waals surface area contributed by atoms with Crippen molar-refractivity contribution in [3.05, 3.63) is 46.2 Å². The maximum absolute atomic E-state index is 13.7. The Morgan fingerprint density at radius 3 is 2.55 bits per heavy atom. The lowest BCUT2D eigenvalue weighted by atomic mass is 9.50. The minimum Gasteiger partial charge on any atom is -0.451 e. The number of carbonyl (C=O) groups is 3. The predicted octanol–water partition coefficient (Wildman–Crippen LogP) is 5.35. The molecule has 6 atom stereocenters. The van der Waals surface area contributed by atoms with E-state index in [1.807, 2.05) is 6.08 Å². The van der Waals surface area contributed by atoms with Gasteiger partial charge in [0.25, 0.3) is 0 Å². The van der Waals surface area contributed by atoms with Crippen LogP contribution in [0.2, 0.25) is 0 Å². The molecule has 5 aliphatic rings. The molecule has 5 rings (SSSR count). The van der Waals surface area contributed by atoms with E-state index >= 15 is 0 Å². The van der Waals surface area contributed by atoms with Crippen LogP contribution < -0.4 is 0 Å². The van der Waals surface area contributed by atoms with Gasteiger partial charge in [-0.2, -0.15) is 0 Å². The Bertz CT molecular complexity index is 1170. The summed E-state index contributed by atoms with van der Waals surface area (Å²) in [5.74, 6) is 0.847. The van der Waals surface area contributed by atoms with Crippen molar-refractivity contribution in [2.45, 2.75) is 77.7 Å². The lowest BCUT2D eigenvalue weighted by Crippen LogP contribution is -2.59. The third-order valence-electron chi connectivity index (χ3n) is 10.4. The van der Waals surface area contributed by atoms with Gasteiger partial charge in [0.05, 0.1) is 0 Å². The molecule has 0 radical (unpaired) electrons. The Hall–Kier alpha value is -2.47. The van der Waals surface area contributed by atoms with Crippen LogP contribution in [0.25, 0.3) is 0 Å². The molecule has 0 saturated heterocycles. The lowest BCUT2D eigenvalue weighted by Gasteiger charge is -2.55. The fourth-order valence-electron chi connectivity index (χ4n) is 8.89. The number of nitrogens with zero attached hydrogens (tertiary/aromatic N) is 1. The summed E-state index contributed by atoms with van der Waals surface area (Å²) < 4.78 is 11.4. The number of Topliss-reactive ketones (excluding diaryl/α,β-unsaturated/α-hetero) is 1. The molecule has 2 saturated carbocycles. The third-order valence-corrected chi connectivity index (χ3v) is 10.4. The molecule has 0 bridgehead atoms. The van der Waals surface area contributed by atoms with Crippen molar-refractivity contribution in [3.63, 3.8) is 0 Å². The SMILES string of the molecule is COCC(=O)[C@@]1(OC(C)=O)CC[C@H]2[C@@H]3CCC4=CC(=O)CCC4=C3[C@@H](C3=CC=C(N(C)C)C(C)C3)C[C@@]21C. The Morgan fingerprint density at radius 2 is 1.89 bits per heavy atom. The predicted molar refractivity (Wildman–Crippen MR) is 146 cm³/mol. The largest absolute Gasteiger partial charge is 0.451 e. The average Bonchev–Trinajstić information content (AvgIpc) is 3.15. The first-order chi connectivity index (χ1) is 18.0. The van der Waals surface area contributed by atoms with Crippen molar-refractivity contribution in [3.8, 4) is 0 Å². The van der Waals surface area contributed by atoms with Gasteiger partial charge in [-0.05, 0) is 86.0 Å². The highest BCUT2D eigenvalue weighted by atomic mass is 16.6. The van der Waals surface area contributed by atoms with Crippen molar-refractivity contribution >= 4 is 17.5 Å². The van der Waals surface area contributed by atoms with Gasteiger partial charge in [0, 0.05) is 51.6 Å². The molecule has 2 fully saturated rings. The molecule has 0 N–H and O–H groups in total. The Labute approximate surface area is 227 Å². The van der Waals surface area contributed by atoms with Crippen LogP contribution in [-0.2, 0) is 23.9 Å². The fourth-order valence-corrected chi connectivity index (χ4v) is 8.89. The van der Waals surface area contributed by atoms with Crippen LogP contribution in [-0.4, -0.2) is 55.8 Å². The maximum atomic E-state index is 13.7. The quantitative estimate of drug-likeness (QED) is 0.439. The second kappa shape index (κ2) is 9.93. The molecule has 6 heteroatoms. The van der Waals surface area contributed by atoms with Crippen LogP contribution in [0.5, 0.6) is 0 Å². The summed E-state index contributed by atoms with van der Waals surface area (Å²) in [5.41, 5.74) is 5.20. The molecule has 0 aromatic heterocycles. The maximum Gasteiger partial charge on any atom is 0.303 e. The monoisotopic (exact) mass is 521 g/mol. The standard InChI is InChI=1S/C32H43NO5/c1-19-15-21(8-12-28(19)33(4)5)26-17-31(3)27(13-14-32(31,38-20(2)34)29(36)18-37-6)25-10-7-22-16-23(35)9-11-24(22)30(25)26/h8,12,16,19,25-27H,7,9-11,13-15,17-18H2,1-6H3/t19?,25-,26+,27-,31-,32-/m0/s1. The van der Waals surface area contributed by atoms with E-state index in [-0.39, 0.29) is 30.0 Å². The number of rotatable bonds is 6. The summed E-state index contributed by atoms with van der Waals surface area (Å²) in [5, 5.41) is 0. The number of hydrogen-bond acceptors (Lipinski definition) is 6. The lowest BCUT2D eigenvalue weighted by molar-refractivity contribution is -0.186. The molecule has 206 valence electrons. The molecule has 0 aromatic rings. The van der Waals surface area contributed by atoms with Crippen molar-refractivity contribution in [2.75, 3.05) is 27.8 Å². The summed E-state index contributed by atoms with van der Waals surface area (Å²) in [4.78, 5) is 40.8. The van der Waals surface area contributed by atoms with Gasteiger partial charge in [-0.15, -0.1) is 0 Å². The molecule has 0 heterocycles.